The molecule has 0 bridgehead atoms. The topological polar surface area (TPSA) is 57.6 Å². The van der Waals surface area contributed by atoms with Crippen molar-refractivity contribution >= 4 is 9.84 Å². The second-order valence-electron chi connectivity index (χ2n) is 4.95. The van der Waals surface area contributed by atoms with Gasteiger partial charge in [-0.25, -0.2) is 8.42 Å². The van der Waals surface area contributed by atoms with Crippen molar-refractivity contribution in [2.75, 3.05) is 24.6 Å². The molecule has 1 saturated heterocycles. The molecule has 0 saturated carbocycles. The van der Waals surface area contributed by atoms with Crippen LogP contribution in [0.1, 0.15) is 39.5 Å². The fourth-order valence-corrected chi connectivity index (χ4v) is 4.16. The normalized spacial score (nSPS) is 27.8. The molecule has 4 nitrogen and oxygen atoms in total. The van der Waals surface area contributed by atoms with Crippen molar-refractivity contribution in [1.29, 1.82) is 0 Å². The van der Waals surface area contributed by atoms with Crippen LogP contribution in [0.2, 0.25) is 0 Å². The van der Waals surface area contributed by atoms with Crippen molar-refractivity contribution in [1.82, 2.24) is 4.90 Å². The van der Waals surface area contributed by atoms with Gasteiger partial charge in [0.15, 0.2) is 9.84 Å². The van der Waals surface area contributed by atoms with Crippen LogP contribution < -0.4 is 0 Å². The third kappa shape index (κ3) is 4.56. The van der Waals surface area contributed by atoms with Gasteiger partial charge in [-0.2, -0.15) is 0 Å². The average molecular weight is 263 g/mol. The average Bonchev–Trinajstić information content (AvgIpc) is 2.53. The molecule has 0 amide bonds. The van der Waals surface area contributed by atoms with E-state index in [0.717, 1.165) is 38.8 Å². The lowest BCUT2D eigenvalue weighted by Gasteiger charge is -2.29. The van der Waals surface area contributed by atoms with Crippen molar-refractivity contribution in [2.45, 2.75) is 51.7 Å². The quantitative estimate of drug-likeness (QED) is 0.746. The van der Waals surface area contributed by atoms with Gasteiger partial charge in [-0.1, -0.05) is 26.7 Å². The summed E-state index contributed by atoms with van der Waals surface area (Å²) in [6.45, 7) is 6.04. The van der Waals surface area contributed by atoms with Crippen molar-refractivity contribution in [3.63, 3.8) is 0 Å². The summed E-state index contributed by atoms with van der Waals surface area (Å²) in [6.07, 6.45) is 3.62. The van der Waals surface area contributed by atoms with Gasteiger partial charge in [0.1, 0.15) is 0 Å². The number of sulfone groups is 1. The molecule has 2 unspecified atom stereocenters. The zero-order chi connectivity index (χ0) is 12.9. The highest BCUT2D eigenvalue weighted by molar-refractivity contribution is 7.91. The van der Waals surface area contributed by atoms with Gasteiger partial charge in [0.2, 0.25) is 0 Å². The fourth-order valence-electron chi connectivity index (χ4n) is 2.33. The number of aliphatic hydroxyl groups is 1. The molecule has 102 valence electrons. The van der Waals surface area contributed by atoms with E-state index in [-0.39, 0.29) is 17.5 Å². The van der Waals surface area contributed by atoms with Gasteiger partial charge >= 0.3 is 0 Å². The Morgan fingerprint density at radius 1 is 1.12 bits per heavy atom. The Kier molecular flexibility index (Phi) is 5.89. The van der Waals surface area contributed by atoms with Crippen LogP contribution in [0.3, 0.4) is 0 Å². The lowest BCUT2D eigenvalue weighted by Crippen LogP contribution is -2.44. The number of hydrogen-bond donors (Lipinski definition) is 1. The standard InChI is InChI=1S/C12H25NO3S/c1-3-5-7-13(8-6-4-2)11-9-17(15,16)10-12(11)14/h11-12,14H,3-10H2,1-2H3. The molecule has 0 aromatic heterocycles. The minimum absolute atomic E-state index is 0.0631. The summed E-state index contributed by atoms with van der Waals surface area (Å²) in [5.41, 5.74) is 0. The second-order valence-corrected chi connectivity index (χ2v) is 7.11. The zero-order valence-electron chi connectivity index (χ0n) is 10.9. The first kappa shape index (κ1) is 14.9. The Hall–Kier alpha value is -0.130. The Bertz CT molecular complexity index is 308. The number of unbranched alkanes of at least 4 members (excludes halogenated alkanes) is 2. The Labute approximate surface area is 105 Å². The highest BCUT2D eigenvalue weighted by Gasteiger charge is 2.39. The van der Waals surface area contributed by atoms with Crippen LogP contribution in [0, 0.1) is 0 Å². The van der Waals surface area contributed by atoms with Crippen LogP contribution in [0.4, 0.5) is 0 Å². The van der Waals surface area contributed by atoms with Crippen molar-refractivity contribution < 1.29 is 13.5 Å². The van der Waals surface area contributed by atoms with E-state index < -0.39 is 15.9 Å². The molecule has 1 N–H and O–H groups in total. The molecule has 2 atom stereocenters. The van der Waals surface area contributed by atoms with Crippen molar-refractivity contribution in [2.24, 2.45) is 0 Å². The first-order chi connectivity index (χ1) is 8.00. The predicted octanol–water partition coefficient (Wildman–Crippen LogP) is 1.05. The summed E-state index contributed by atoms with van der Waals surface area (Å²) in [6, 6.07) is -0.182. The fraction of sp³-hybridized carbons (Fsp3) is 1.00. The van der Waals surface area contributed by atoms with E-state index in [1.165, 1.54) is 0 Å². The molecule has 17 heavy (non-hydrogen) atoms. The minimum atomic E-state index is -3.03. The maximum atomic E-state index is 11.5. The Morgan fingerprint density at radius 3 is 2.00 bits per heavy atom. The van der Waals surface area contributed by atoms with Crippen LogP contribution in [0.15, 0.2) is 0 Å². The molecule has 1 rings (SSSR count). The van der Waals surface area contributed by atoms with E-state index in [0.29, 0.717) is 0 Å². The van der Waals surface area contributed by atoms with Crippen LogP contribution >= 0.6 is 0 Å². The summed E-state index contributed by atoms with van der Waals surface area (Å²) in [7, 11) is -3.03. The molecule has 1 heterocycles. The molecule has 0 aromatic rings. The van der Waals surface area contributed by atoms with Gasteiger partial charge < -0.3 is 5.11 Å². The van der Waals surface area contributed by atoms with Gasteiger partial charge in [-0.05, 0) is 25.9 Å². The van der Waals surface area contributed by atoms with E-state index in [1.807, 2.05) is 0 Å². The third-order valence-electron chi connectivity index (χ3n) is 3.36. The Balaban J connectivity index is 2.62. The van der Waals surface area contributed by atoms with Crippen molar-refractivity contribution in [3.8, 4) is 0 Å². The van der Waals surface area contributed by atoms with E-state index in [9.17, 15) is 13.5 Å². The largest absolute Gasteiger partial charge is 0.390 e. The summed E-state index contributed by atoms with van der Waals surface area (Å²) >= 11 is 0. The summed E-state index contributed by atoms with van der Waals surface area (Å²) in [5.74, 6) is 0.0635. The number of aliphatic hydroxyl groups excluding tert-OH is 1. The molecular weight excluding hydrogens is 238 g/mol. The molecule has 1 aliphatic rings. The summed E-state index contributed by atoms with van der Waals surface area (Å²) in [4.78, 5) is 2.17. The molecule has 0 radical (unpaired) electrons. The van der Waals surface area contributed by atoms with Gasteiger partial charge in [-0.15, -0.1) is 0 Å². The van der Waals surface area contributed by atoms with Crippen molar-refractivity contribution in [3.05, 3.63) is 0 Å². The van der Waals surface area contributed by atoms with E-state index >= 15 is 0 Å². The second kappa shape index (κ2) is 6.71. The van der Waals surface area contributed by atoms with Gasteiger partial charge in [-0.3, -0.25) is 4.90 Å². The minimum Gasteiger partial charge on any atom is -0.390 e. The smallest absolute Gasteiger partial charge is 0.154 e. The molecular formula is C12H25NO3S. The molecule has 1 fully saturated rings. The van der Waals surface area contributed by atoms with Gasteiger partial charge in [0.25, 0.3) is 0 Å². The highest BCUT2D eigenvalue weighted by atomic mass is 32.2. The molecule has 0 spiro atoms. The number of rotatable bonds is 7. The first-order valence-corrected chi connectivity index (χ1v) is 8.44. The highest BCUT2D eigenvalue weighted by Crippen LogP contribution is 2.19. The van der Waals surface area contributed by atoms with Crippen LogP contribution in [0.5, 0.6) is 0 Å². The third-order valence-corrected chi connectivity index (χ3v) is 5.06. The maximum absolute atomic E-state index is 11.5. The predicted molar refractivity (Wildman–Crippen MR) is 69.8 cm³/mol. The van der Waals surface area contributed by atoms with E-state index in [2.05, 4.69) is 18.7 Å². The summed E-state index contributed by atoms with van der Waals surface area (Å²) in [5, 5.41) is 9.87. The lowest BCUT2D eigenvalue weighted by molar-refractivity contribution is 0.0810. The van der Waals surface area contributed by atoms with Gasteiger partial charge in [0, 0.05) is 0 Å². The first-order valence-electron chi connectivity index (χ1n) is 6.62. The van der Waals surface area contributed by atoms with Gasteiger partial charge in [0.05, 0.1) is 23.7 Å². The zero-order valence-corrected chi connectivity index (χ0v) is 11.7. The molecule has 1 aliphatic heterocycles. The number of nitrogens with zero attached hydrogens (tertiary/aromatic N) is 1. The molecule has 0 aromatic carbocycles. The molecule has 5 heteroatoms. The SMILES string of the molecule is CCCCN(CCCC)C1CS(=O)(=O)CC1O. The maximum Gasteiger partial charge on any atom is 0.154 e. The lowest BCUT2D eigenvalue weighted by atomic mass is 10.1. The molecule has 0 aliphatic carbocycles. The van der Waals surface area contributed by atoms with Crippen LogP contribution in [-0.4, -0.2) is 55.2 Å². The number of hydrogen-bond acceptors (Lipinski definition) is 4. The van der Waals surface area contributed by atoms with E-state index in [4.69, 9.17) is 0 Å². The summed E-state index contributed by atoms with van der Waals surface area (Å²) < 4.78 is 23.0. The van der Waals surface area contributed by atoms with Crippen LogP contribution in [-0.2, 0) is 9.84 Å². The Morgan fingerprint density at radius 2 is 1.65 bits per heavy atom. The monoisotopic (exact) mass is 263 g/mol. The van der Waals surface area contributed by atoms with E-state index in [1.54, 1.807) is 0 Å². The van der Waals surface area contributed by atoms with Crippen LogP contribution in [0.25, 0.3) is 0 Å².